The molecule has 2 heterocycles. The normalized spacial score (nSPS) is 10.8. The Morgan fingerprint density at radius 1 is 1.28 bits per heavy atom. The summed E-state index contributed by atoms with van der Waals surface area (Å²) >= 11 is 0. The summed E-state index contributed by atoms with van der Waals surface area (Å²) in [5.74, 6) is 6.35. The second kappa shape index (κ2) is 6.12. The number of unbranched alkanes of at least 4 members (excludes halogenated alkanes) is 2. The van der Waals surface area contributed by atoms with Crippen molar-refractivity contribution in [2.45, 2.75) is 19.3 Å². The van der Waals surface area contributed by atoms with Crippen molar-refractivity contribution in [2.24, 2.45) is 5.84 Å². The molecule has 0 aliphatic heterocycles. The van der Waals surface area contributed by atoms with Gasteiger partial charge >= 0.3 is 0 Å². The van der Waals surface area contributed by atoms with Crippen LogP contribution in [0.1, 0.15) is 19.3 Å². The molecule has 8 heteroatoms. The summed E-state index contributed by atoms with van der Waals surface area (Å²) in [7, 11) is 0. The zero-order chi connectivity index (χ0) is 12.8. The molecule has 0 bridgehead atoms. The van der Waals surface area contributed by atoms with Crippen molar-refractivity contribution < 1.29 is 5.11 Å². The van der Waals surface area contributed by atoms with E-state index in [2.05, 4.69) is 30.9 Å². The molecule has 98 valence electrons. The van der Waals surface area contributed by atoms with Gasteiger partial charge in [0.1, 0.15) is 5.82 Å². The predicted octanol–water partition coefficient (Wildman–Crippen LogP) is 0.213. The standard InChI is InChI=1S/C10H17N7O/c11-16-10-14-8(12-4-2-1-3-5-18)7-6-13-17-9(7)15-10/h6,18H,1-5,11H2,(H3,12,13,14,15,16,17). The molecule has 0 aromatic carbocycles. The number of aliphatic hydroxyl groups excluding tert-OH is 1. The first-order valence-corrected chi connectivity index (χ1v) is 5.87. The van der Waals surface area contributed by atoms with E-state index < -0.39 is 0 Å². The van der Waals surface area contributed by atoms with Crippen molar-refractivity contribution in [1.82, 2.24) is 20.2 Å². The van der Waals surface area contributed by atoms with E-state index >= 15 is 0 Å². The fourth-order valence-electron chi connectivity index (χ4n) is 1.65. The minimum atomic E-state index is 0.237. The fraction of sp³-hybridized carbons (Fsp3) is 0.500. The maximum absolute atomic E-state index is 8.69. The number of hydrogen-bond acceptors (Lipinski definition) is 7. The molecule has 0 unspecified atom stereocenters. The molecule has 0 atom stereocenters. The van der Waals surface area contributed by atoms with E-state index in [9.17, 15) is 0 Å². The summed E-state index contributed by atoms with van der Waals surface area (Å²) in [5, 5.41) is 19.4. The Balaban J connectivity index is 2.04. The molecular formula is C10H17N7O. The molecule has 6 N–H and O–H groups in total. The number of H-pyrrole nitrogens is 1. The van der Waals surface area contributed by atoms with Crippen LogP contribution in [0.5, 0.6) is 0 Å². The maximum Gasteiger partial charge on any atom is 0.241 e. The minimum absolute atomic E-state index is 0.237. The van der Waals surface area contributed by atoms with Crippen LogP contribution in [0.3, 0.4) is 0 Å². The van der Waals surface area contributed by atoms with Gasteiger partial charge in [0, 0.05) is 13.2 Å². The Bertz CT molecular complexity index is 498. The van der Waals surface area contributed by atoms with Crippen LogP contribution < -0.4 is 16.6 Å². The van der Waals surface area contributed by atoms with Gasteiger partial charge in [0.05, 0.1) is 11.6 Å². The number of aliphatic hydroxyl groups is 1. The van der Waals surface area contributed by atoms with Gasteiger partial charge in [-0.15, -0.1) is 0 Å². The van der Waals surface area contributed by atoms with Gasteiger partial charge in [0.25, 0.3) is 0 Å². The van der Waals surface area contributed by atoms with Crippen molar-refractivity contribution in [3.63, 3.8) is 0 Å². The second-order valence-corrected chi connectivity index (χ2v) is 3.88. The van der Waals surface area contributed by atoms with E-state index in [1.165, 1.54) is 0 Å². The first kappa shape index (κ1) is 12.5. The molecule has 2 aromatic rings. The third-order valence-corrected chi connectivity index (χ3v) is 2.57. The second-order valence-electron chi connectivity index (χ2n) is 3.88. The summed E-state index contributed by atoms with van der Waals surface area (Å²) in [6.07, 6.45) is 4.44. The maximum atomic E-state index is 8.69. The zero-order valence-corrected chi connectivity index (χ0v) is 9.98. The van der Waals surface area contributed by atoms with E-state index in [4.69, 9.17) is 10.9 Å². The number of aromatic nitrogens is 4. The van der Waals surface area contributed by atoms with Gasteiger partial charge in [0.2, 0.25) is 5.95 Å². The quantitative estimate of drug-likeness (QED) is 0.270. The number of rotatable bonds is 7. The van der Waals surface area contributed by atoms with Crippen molar-refractivity contribution in [3.05, 3.63) is 6.20 Å². The number of fused-ring (bicyclic) bond motifs is 1. The monoisotopic (exact) mass is 251 g/mol. The zero-order valence-electron chi connectivity index (χ0n) is 9.98. The molecule has 0 aliphatic carbocycles. The van der Waals surface area contributed by atoms with E-state index in [0.717, 1.165) is 31.2 Å². The number of nitrogen functional groups attached to an aromatic ring is 1. The SMILES string of the molecule is NNc1nc(NCCCCCO)c2cn[nH]c2n1. The largest absolute Gasteiger partial charge is 0.396 e. The first-order valence-electron chi connectivity index (χ1n) is 5.87. The first-order chi connectivity index (χ1) is 8.85. The summed E-state index contributed by atoms with van der Waals surface area (Å²) in [5.41, 5.74) is 3.05. The Morgan fingerprint density at radius 3 is 2.94 bits per heavy atom. The molecule has 0 saturated carbocycles. The molecule has 0 fully saturated rings. The average Bonchev–Trinajstić information content (AvgIpc) is 2.86. The van der Waals surface area contributed by atoms with Gasteiger partial charge in [-0.2, -0.15) is 15.1 Å². The van der Waals surface area contributed by atoms with Crippen molar-refractivity contribution in [1.29, 1.82) is 0 Å². The lowest BCUT2D eigenvalue weighted by Gasteiger charge is -2.07. The summed E-state index contributed by atoms with van der Waals surface area (Å²) in [6.45, 7) is 1.02. The smallest absolute Gasteiger partial charge is 0.241 e. The Morgan fingerprint density at radius 2 is 2.17 bits per heavy atom. The summed E-state index contributed by atoms with van der Waals surface area (Å²) in [6, 6.07) is 0. The van der Waals surface area contributed by atoms with E-state index in [1.54, 1.807) is 6.20 Å². The van der Waals surface area contributed by atoms with Gasteiger partial charge in [0.15, 0.2) is 5.65 Å². The number of hydrazine groups is 1. The number of hydrogen-bond donors (Lipinski definition) is 5. The van der Waals surface area contributed by atoms with Gasteiger partial charge < -0.3 is 10.4 Å². The molecule has 2 aromatic heterocycles. The van der Waals surface area contributed by atoms with Gasteiger partial charge in [-0.3, -0.25) is 10.5 Å². The highest BCUT2D eigenvalue weighted by Gasteiger charge is 2.08. The number of nitrogens with zero attached hydrogens (tertiary/aromatic N) is 3. The van der Waals surface area contributed by atoms with Crippen molar-refractivity contribution in [3.8, 4) is 0 Å². The predicted molar refractivity (Wildman–Crippen MR) is 68.9 cm³/mol. The molecule has 18 heavy (non-hydrogen) atoms. The van der Waals surface area contributed by atoms with E-state index in [0.29, 0.717) is 17.4 Å². The van der Waals surface area contributed by atoms with Gasteiger partial charge in [-0.25, -0.2) is 5.84 Å². The van der Waals surface area contributed by atoms with Crippen LogP contribution in [0, 0.1) is 0 Å². The Hall–Kier alpha value is -1.93. The fourth-order valence-corrected chi connectivity index (χ4v) is 1.65. The van der Waals surface area contributed by atoms with Crippen LogP contribution in [0.15, 0.2) is 6.20 Å². The number of nitrogens with one attached hydrogen (secondary N) is 3. The van der Waals surface area contributed by atoms with Crippen LogP contribution in [0.4, 0.5) is 11.8 Å². The van der Waals surface area contributed by atoms with Gasteiger partial charge in [-0.1, -0.05) is 0 Å². The molecular weight excluding hydrogens is 234 g/mol. The highest BCUT2D eigenvalue weighted by atomic mass is 16.2. The van der Waals surface area contributed by atoms with Crippen LogP contribution in [-0.2, 0) is 0 Å². The molecule has 2 rings (SSSR count). The van der Waals surface area contributed by atoms with E-state index in [-0.39, 0.29) is 6.61 Å². The van der Waals surface area contributed by atoms with E-state index in [1.807, 2.05) is 0 Å². The highest BCUT2D eigenvalue weighted by molar-refractivity contribution is 5.86. The highest BCUT2D eigenvalue weighted by Crippen LogP contribution is 2.19. The summed E-state index contributed by atoms with van der Waals surface area (Å²) < 4.78 is 0. The van der Waals surface area contributed by atoms with Crippen LogP contribution in [0.2, 0.25) is 0 Å². The minimum Gasteiger partial charge on any atom is -0.396 e. The number of aromatic amines is 1. The third-order valence-electron chi connectivity index (χ3n) is 2.57. The lowest BCUT2D eigenvalue weighted by molar-refractivity contribution is 0.283. The molecule has 0 amide bonds. The molecule has 8 nitrogen and oxygen atoms in total. The van der Waals surface area contributed by atoms with Crippen LogP contribution in [0.25, 0.3) is 11.0 Å². The van der Waals surface area contributed by atoms with Crippen molar-refractivity contribution in [2.75, 3.05) is 23.9 Å². The lowest BCUT2D eigenvalue weighted by atomic mass is 10.2. The molecule has 0 spiro atoms. The van der Waals surface area contributed by atoms with Crippen molar-refractivity contribution >= 4 is 22.8 Å². The third kappa shape index (κ3) is 2.84. The lowest BCUT2D eigenvalue weighted by Crippen LogP contribution is -2.12. The molecule has 0 aliphatic rings. The Labute approximate surface area is 104 Å². The van der Waals surface area contributed by atoms with Crippen LogP contribution in [-0.4, -0.2) is 38.4 Å². The summed E-state index contributed by atoms with van der Waals surface area (Å²) in [4.78, 5) is 8.38. The Kier molecular flexibility index (Phi) is 4.26. The van der Waals surface area contributed by atoms with Gasteiger partial charge in [-0.05, 0) is 19.3 Å². The molecule has 0 saturated heterocycles. The topological polar surface area (TPSA) is 125 Å². The van der Waals surface area contributed by atoms with Crippen LogP contribution >= 0.6 is 0 Å². The molecule has 0 radical (unpaired) electrons. The number of nitrogens with two attached hydrogens (primary N) is 1. The average molecular weight is 251 g/mol. The number of anilines is 2.